The normalized spacial score (nSPS) is 10.6. The van der Waals surface area contributed by atoms with Crippen molar-refractivity contribution in [1.29, 1.82) is 0 Å². The first-order valence-corrected chi connectivity index (χ1v) is 8.10. The summed E-state index contributed by atoms with van der Waals surface area (Å²) in [5.41, 5.74) is 1.54. The zero-order valence-corrected chi connectivity index (χ0v) is 14.0. The van der Waals surface area contributed by atoms with E-state index in [9.17, 15) is 9.59 Å². The molecule has 3 aromatic rings. The van der Waals surface area contributed by atoms with Crippen LogP contribution in [0.25, 0.3) is 5.65 Å². The molecule has 25 heavy (non-hydrogen) atoms. The Kier molecular flexibility index (Phi) is 5.25. The Hall–Kier alpha value is -2.93. The van der Waals surface area contributed by atoms with E-state index in [1.807, 2.05) is 24.3 Å². The third kappa shape index (κ3) is 4.54. The lowest BCUT2D eigenvalue weighted by Crippen LogP contribution is -2.24. The first kappa shape index (κ1) is 16.9. The highest BCUT2D eigenvalue weighted by Gasteiger charge is 2.11. The molecule has 0 aliphatic heterocycles. The van der Waals surface area contributed by atoms with Gasteiger partial charge in [-0.25, -0.2) is 0 Å². The fraction of sp³-hybridized carbons (Fsp3) is 0.176. The van der Waals surface area contributed by atoms with Crippen LogP contribution in [0.5, 0.6) is 0 Å². The minimum atomic E-state index is -0.295. The van der Waals surface area contributed by atoms with Crippen LogP contribution in [0.4, 0.5) is 5.95 Å². The van der Waals surface area contributed by atoms with Crippen LogP contribution in [0.1, 0.15) is 18.4 Å². The molecule has 0 radical (unpaired) electrons. The number of fused-ring (bicyclic) bond motifs is 1. The van der Waals surface area contributed by atoms with Gasteiger partial charge in [0.2, 0.25) is 17.8 Å². The molecule has 0 aliphatic rings. The van der Waals surface area contributed by atoms with Crippen molar-refractivity contribution in [2.24, 2.45) is 0 Å². The van der Waals surface area contributed by atoms with Gasteiger partial charge in [-0.15, -0.1) is 10.2 Å². The molecule has 2 aromatic heterocycles. The van der Waals surface area contributed by atoms with Gasteiger partial charge in [-0.1, -0.05) is 29.8 Å². The summed E-state index contributed by atoms with van der Waals surface area (Å²) in [7, 11) is 0. The summed E-state index contributed by atoms with van der Waals surface area (Å²) >= 11 is 5.89. The summed E-state index contributed by atoms with van der Waals surface area (Å²) in [6.07, 6.45) is 1.90. The van der Waals surface area contributed by atoms with E-state index in [4.69, 9.17) is 11.6 Å². The molecule has 2 heterocycles. The van der Waals surface area contributed by atoms with Crippen LogP contribution in [-0.2, 0) is 16.1 Å². The number of pyridine rings is 1. The van der Waals surface area contributed by atoms with E-state index in [1.165, 1.54) is 0 Å². The fourth-order valence-electron chi connectivity index (χ4n) is 2.28. The number of anilines is 1. The Labute approximate surface area is 149 Å². The molecule has 3 rings (SSSR count). The average molecular weight is 358 g/mol. The van der Waals surface area contributed by atoms with Gasteiger partial charge in [-0.3, -0.25) is 19.3 Å². The van der Waals surface area contributed by atoms with E-state index in [0.29, 0.717) is 23.2 Å². The second-order valence-corrected chi connectivity index (χ2v) is 5.84. The topological polar surface area (TPSA) is 88.4 Å². The molecule has 1 aromatic carbocycles. The van der Waals surface area contributed by atoms with E-state index in [1.54, 1.807) is 28.8 Å². The third-order valence-electron chi connectivity index (χ3n) is 3.52. The SMILES string of the molecule is O=C(CCC(=O)Nc1nnc2ccccn12)NCc1cccc(Cl)c1. The largest absolute Gasteiger partial charge is 0.352 e. The summed E-state index contributed by atoms with van der Waals surface area (Å²) < 4.78 is 1.66. The summed E-state index contributed by atoms with van der Waals surface area (Å²) in [6.45, 7) is 0.371. The second-order valence-electron chi connectivity index (χ2n) is 5.41. The van der Waals surface area contributed by atoms with Crippen LogP contribution in [0, 0.1) is 0 Å². The zero-order chi connectivity index (χ0) is 17.6. The highest BCUT2D eigenvalue weighted by molar-refractivity contribution is 6.30. The van der Waals surface area contributed by atoms with Gasteiger partial charge < -0.3 is 5.32 Å². The summed E-state index contributed by atoms with van der Waals surface area (Å²) in [6, 6.07) is 12.7. The van der Waals surface area contributed by atoms with Gasteiger partial charge in [-0.2, -0.15) is 0 Å². The van der Waals surface area contributed by atoms with Crippen molar-refractivity contribution in [1.82, 2.24) is 19.9 Å². The monoisotopic (exact) mass is 357 g/mol. The van der Waals surface area contributed by atoms with Gasteiger partial charge in [0, 0.05) is 30.6 Å². The molecule has 0 unspecified atom stereocenters. The zero-order valence-electron chi connectivity index (χ0n) is 13.3. The Balaban J connectivity index is 1.46. The predicted molar refractivity (Wildman–Crippen MR) is 94.1 cm³/mol. The molecule has 2 amide bonds. The molecule has 0 fully saturated rings. The van der Waals surface area contributed by atoms with Crippen LogP contribution in [-0.4, -0.2) is 26.4 Å². The van der Waals surface area contributed by atoms with Crippen molar-refractivity contribution in [3.8, 4) is 0 Å². The van der Waals surface area contributed by atoms with E-state index in [-0.39, 0.29) is 24.7 Å². The van der Waals surface area contributed by atoms with E-state index in [2.05, 4.69) is 20.8 Å². The number of halogens is 1. The van der Waals surface area contributed by atoms with Crippen LogP contribution in [0.2, 0.25) is 5.02 Å². The quantitative estimate of drug-likeness (QED) is 0.709. The third-order valence-corrected chi connectivity index (χ3v) is 3.76. The Bertz CT molecular complexity index is 909. The van der Waals surface area contributed by atoms with Crippen LogP contribution >= 0.6 is 11.6 Å². The molecule has 0 saturated heterocycles. The van der Waals surface area contributed by atoms with E-state index >= 15 is 0 Å². The van der Waals surface area contributed by atoms with Crippen molar-refractivity contribution >= 4 is 35.0 Å². The highest BCUT2D eigenvalue weighted by atomic mass is 35.5. The Morgan fingerprint density at radius 2 is 1.88 bits per heavy atom. The summed E-state index contributed by atoms with van der Waals surface area (Å²) in [5, 5.41) is 13.9. The number of rotatable bonds is 6. The standard InChI is InChI=1S/C17H16ClN5O2/c18-13-5-3-4-12(10-13)11-19-15(24)7-8-16(25)20-17-22-21-14-6-1-2-9-23(14)17/h1-6,9-10H,7-8,11H2,(H,19,24)(H,20,22,25). The fourth-order valence-corrected chi connectivity index (χ4v) is 2.49. The lowest BCUT2D eigenvalue weighted by Gasteiger charge is -2.06. The number of benzene rings is 1. The Morgan fingerprint density at radius 1 is 1.04 bits per heavy atom. The number of aromatic nitrogens is 3. The van der Waals surface area contributed by atoms with Gasteiger partial charge in [0.1, 0.15) is 0 Å². The maximum Gasteiger partial charge on any atom is 0.235 e. The minimum Gasteiger partial charge on any atom is -0.352 e. The molecule has 0 aliphatic carbocycles. The smallest absolute Gasteiger partial charge is 0.235 e. The number of carbonyl (C=O) groups is 2. The molecule has 0 atom stereocenters. The number of carbonyl (C=O) groups excluding carboxylic acids is 2. The molecular formula is C17H16ClN5O2. The number of nitrogens with one attached hydrogen (secondary N) is 2. The van der Waals surface area contributed by atoms with E-state index in [0.717, 1.165) is 5.56 Å². The highest BCUT2D eigenvalue weighted by Crippen LogP contribution is 2.10. The average Bonchev–Trinajstić information content (AvgIpc) is 3.01. The Morgan fingerprint density at radius 3 is 2.72 bits per heavy atom. The molecule has 0 saturated carbocycles. The summed E-state index contributed by atoms with van der Waals surface area (Å²) in [5.74, 6) is -0.169. The lowest BCUT2D eigenvalue weighted by atomic mass is 10.2. The molecule has 128 valence electrons. The first-order chi connectivity index (χ1) is 12.1. The van der Waals surface area contributed by atoms with Gasteiger partial charge in [0.15, 0.2) is 5.65 Å². The number of hydrogen-bond acceptors (Lipinski definition) is 4. The molecule has 0 bridgehead atoms. The molecule has 7 nitrogen and oxygen atoms in total. The summed E-state index contributed by atoms with van der Waals surface area (Å²) in [4.78, 5) is 23.9. The minimum absolute atomic E-state index is 0.0587. The van der Waals surface area contributed by atoms with Crippen molar-refractivity contribution in [2.45, 2.75) is 19.4 Å². The first-order valence-electron chi connectivity index (χ1n) is 7.72. The molecule has 2 N–H and O–H groups in total. The number of hydrogen-bond donors (Lipinski definition) is 2. The molecular weight excluding hydrogens is 342 g/mol. The van der Waals surface area contributed by atoms with Gasteiger partial charge in [-0.05, 0) is 29.8 Å². The van der Waals surface area contributed by atoms with Crippen LogP contribution in [0.3, 0.4) is 0 Å². The maximum atomic E-state index is 12.0. The number of amides is 2. The lowest BCUT2D eigenvalue weighted by molar-refractivity contribution is -0.124. The van der Waals surface area contributed by atoms with Gasteiger partial charge in [0.05, 0.1) is 0 Å². The molecule has 8 heteroatoms. The predicted octanol–water partition coefficient (Wildman–Crippen LogP) is 2.42. The van der Waals surface area contributed by atoms with Crippen molar-refractivity contribution in [2.75, 3.05) is 5.32 Å². The maximum absolute atomic E-state index is 12.0. The van der Waals surface area contributed by atoms with Crippen molar-refractivity contribution < 1.29 is 9.59 Å². The van der Waals surface area contributed by atoms with Crippen LogP contribution in [0.15, 0.2) is 48.7 Å². The number of nitrogens with zero attached hydrogens (tertiary/aromatic N) is 3. The van der Waals surface area contributed by atoms with Gasteiger partial charge in [0.25, 0.3) is 0 Å². The van der Waals surface area contributed by atoms with Crippen molar-refractivity contribution in [3.05, 3.63) is 59.2 Å². The second kappa shape index (κ2) is 7.76. The van der Waals surface area contributed by atoms with Crippen molar-refractivity contribution in [3.63, 3.8) is 0 Å². The van der Waals surface area contributed by atoms with Gasteiger partial charge >= 0.3 is 0 Å². The van der Waals surface area contributed by atoms with E-state index < -0.39 is 0 Å². The van der Waals surface area contributed by atoms with Crippen LogP contribution < -0.4 is 10.6 Å². The molecule has 0 spiro atoms.